The van der Waals surface area contributed by atoms with E-state index in [9.17, 15) is 9.59 Å². The highest BCUT2D eigenvalue weighted by molar-refractivity contribution is 5.98. The van der Waals surface area contributed by atoms with E-state index in [0.717, 1.165) is 43.6 Å². The zero-order valence-corrected chi connectivity index (χ0v) is 20.0. The normalized spacial score (nSPS) is 22.1. The molecule has 182 valence electrons. The molecule has 0 saturated carbocycles. The SMILES string of the molecule is CCCCN1C(=O)CC(C(=O)Nc2cccc(OCC3CCCO3)c2)C1c1ccc(OC)cc1. The zero-order valence-electron chi connectivity index (χ0n) is 20.0. The summed E-state index contributed by atoms with van der Waals surface area (Å²) < 4.78 is 16.8. The van der Waals surface area contributed by atoms with Crippen LogP contribution in [0.5, 0.6) is 11.5 Å². The number of likely N-dealkylation sites (tertiary alicyclic amines) is 1. The van der Waals surface area contributed by atoms with E-state index < -0.39 is 5.92 Å². The second-order valence-electron chi connectivity index (χ2n) is 8.93. The molecule has 0 aromatic heterocycles. The Morgan fingerprint density at radius 1 is 1.18 bits per heavy atom. The third kappa shape index (κ3) is 5.70. The molecular weight excluding hydrogens is 432 g/mol. The van der Waals surface area contributed by atoms with Crippen molar-refractivity contribution in [2.24, 2.45) is 5.92 Å². The Bertz CT molecular complexity index is 971. The van der Waals surface area contributed by atoms with E-state index in [-0.39, 0.29) is 30.4 Å². The van der Waals surface area contributed by atoms with Crippen molar-refractivity contribution < 1.29 is 23.8 Å². The summed E-state index contributed by atoms with van der Waals surface area (Å²) in [6.45, 7) is 4.03. The Morgan fingerprint density at radius 2 is 2.00 bits per heavy atom. The van der Waals surface area contributed by atoms with Gasteiger partial charge in [0.05, 0.1) is 25.2 Å². The van der Waals surface area contributed by atoms with Crippen molar-refractivity contribution in [2.45, 2.75) is 51.2 Å². The maximum Gasteiger partial charge on any atom is 0.230 e. The van der Waals surface area contributed by atoms with Crippen molar-refractivity contribution in [3.05, 3.63) is 54.1 Å². The molecule has 2 aliphatic rings. The van der Waals surface area contributed by atoms with E-state index in [1.54, 1.807) is 7.11 Å². The van der Waals surface area contributed by atoms with Gasteiger partial charge in [-0.15, -0.1) is 0 Å². The van der Waals surface area contributed by atoms with Gasteiger partial charge in [0, 0.05) is 31.3 Å². The van der Waals surface area contributed by atoms with E-state index in [1.165, 1.54) is 0 Å². The van der Waals surface area contributed by atoms with Gasteiger partial charge in [0.25, 0.3) is 0 Å². The standard InChI is InChI=1S/C27H34N2O5/c1-3-4-14-29-25(30)17-24(26(29)19-10-12-21(32-2)13-11-19)27(31)28-20-7-5-8-22(16-20)34-18-23-9-6-15-33-23/h5,7-8,10-13,16,23-24,26H,3-4,6,9,14-15,17-18H2,1-2H3,(H,28,31). The molecule has 0 bridgehead atoms. The summed E-state index contributed by atoms with van der Waals surface area (Å²) in [5.41, 5.74) is 1.60. The van der Waals surface area contributed by atoms with Crippen molar-refractivity contribution in [1.82, 2.24) is 4.90 Å². The summed E-state index contributed by atoms with van der Waals surface area (Å²) in [7, 11) is 1.62. The highest BCUT2D eigenvalue weighted by Crippen LogP contribution is 2.39. The van der Waals surface area contributed by atoms with Crippen molar-refractivity contribution in [3.8, 4) is 11.5 Å². The number of carbonyl (C=O) groups is 2. The lowest BCUT2D eigenvalue weighted by molar-refractivity contribution is -0.129. The van der Waals surface area contributed by atoms with E-state index in [0.29, 0.717) is 24.6 Å². The smallest absolute Gasteiger partial charge is 0.230 e. The fourth-order valence-electron chi connectivity index (χ4n) is 4.69. The van der Waals surface area contributed by atoms with Crippen molar-refractivity contribution in [1.29, 1.82) is 0 Å². The molecule has 2 heterocycles. The van der Waals surface area contributed by atoms with Crippen LogP contribution in [0.15, 0.2) is 48.5 Å². The third-order valence-corrected chi connectivity index (χ3v) is 6.54. The van der Waals surface area contributed by atoms with Crippen LogP contribution in [-0.2, 0) is 14.3 Å². The number of unbranched alkanes of at least 4 members (excludes halogenated alkanes) is 1. The molecule has 2 amide bonds. The lowest BCUT2D eigenvalue weighted by atomic mass is 9.92. The summed E-state index contributed by atoms with van der Waals surface area (Å²) in [5, 5.41) is 3.02. The highest BCUT2D eigenvalue weighted by atomic mass is 16.5. The monoisotopic (exact) mass is 466 g/mol. The molecule has 4 rings (SSSR count). The maximum absolute atomic E-state index is 13.4. The van der Waals surface area contributed by atoms with E-state index in [2.05, 4.69) is 12.2 Å². The molecule has 0 aliphatic carbocycles. The lowest BCUT2D eigenvalue weighted by Gasteiger charge is -2.28. The fraction of sp³-hybridized carbons (Fsp3) is 0.481. The quantitative estimate of drug-likeness (QED) is 0.555. The summed E-state index contributed by atoms with van der Waals surface area (Å²) in [6, 6.07) is 14.7. The van der Waals surface area contributed by atoms with Gasteiger partial charge in [-0.2, -0.15) is 0 Å². The van der Waals surface area contributed by atoms with Crippen LogP contribution in [0.3, 0.4) is 0 Å². The Labute approximate surface area is 201 Å². The molecule has 2 aliphatic heterocycles. The Kier molecular flexibility index (Phi) is 8.06. The lowest BCUT2D eigenvalue weighted by Crippen LogP contribution is -2.33. The van der Waals surface area contributed by atoms with Gasteiger partial charge in [0.2, 0.25) is 11.8 Å². The second kappa shape index (κ2) is 11.4. The number of anilines is 1. The third-order valence-electron chi connectivity index (χ3n) is 6.54. The first-order chi connectivity index (χ1) is 16.6. The average molecular weight is 467 g/mol. The summed E-state index contributed by atoms with van der Waals surface area (Å²) >= 11 is 0. The number of hydrogen-bond acceptors (Lipinski definition) is 5. The van der Waals surface area contributed by atoms with E-state index >= 15 is 0 Å². The topological polar surface area (TPSA) is 77.1 Å². The number of methoxy groups -OCH3 is 1. The van der Waals surface area contributed by atoms with Crippen LogP contribution >= 0.6 is 0 Å². The minimum atomic E-state index is -0.478. The molecule has 0 spiro atoms. The van der Waals surface area contributed by atoms with E-state index in [1.807, 2.05) is 53.4 Å². The number of carbonyl (C=O) groups excluding carboxylic acids is 2. The first kappa shape index (κ1) is 24.1. The van der Waals surface area contributed by atoms with Gasteiger partial charge in [-0.1, -0.05) is 31.5 Å². The second-order valence-corrected chi connectivity index (χ2v) is 8.93. The number of amides is 2. The van der Waals surface area contributed by atoms with Gasteiger partial charge in [-0.3, -0.25) is 9.59 Å². The van der Waals surface area contributed by atoms with Crippen LogP contribution in [0.25, 0.3) is 0 Å². The predicted molar refractivity (Wildman–Crippen MR) is 130 cm³/mol. The Morgan fingerprint density at radius 3 is 2.71 bits per heavy atom. The summed E-state index contributed by atoms with van der Waals surface area (Å²) in [6.07, 6.45) is 4.27. The highest BCUT2D eigenvalue weighted by Gasteiger charge is 2.44. The molecule has 7 heteroatoms. The zero-order chi connectivity index (χ0) is 23.9. The molecule has 1 N–H and O–H groups in total. The first-order valence-corrected chi connectivity index (χ1v) is 12.2. The number of nitrogens with zero attached hydrogens (tertiary/aromatic N) is 1. The van der Waals surface area contributed by atoms with E-state index in [4.69, 9.17) is 14.2 Å². The van der Waals surface area contributed by atoms with Crippen LogP contribution in [-0.4, -0.2) is 49.7 Å². The van der Waals surface area contributed by atoms with Gasteiger partial charge >= 0.3 is 0 Å². The Balaban J connectivity index is 1.48. The van der Waals surface area contributed by atoms with Gasteiger partial charge < -0.3 is 24.4 Å². The molecule has 34 heavy (non-hydrogen) atoms. The maximum atomic E-state index is 13.4. The van der Waals surface area contributed by atoms with Crippen LogP contribution in [0.1, 0.15) is 50.6 Å². The van der Waals surface area contributed by atoms with Gasteiger partial charge in [-0.25, -0.2) is 0 Å². The minimum Gasteiger partial charge on any atom is -0.497 e. The predicted octanol–water partition coefficient (Wildman–Crippen LogP) is 4.58. The fourth-order valence-corrected chi connectivity index (χ4v) is 4.69. The van der Waals surface area contributed by atoms with Crippen molar-refractivity contribution in [2.75, 3.05) is 32.2 Å². The molecule has 2 fully saturated rings. The molecule has 0 radical (unpaired) electrons. The van der Waals surface area contributed by atoms with Gasteiger partial charge in [0.1, 0.15) is 18.1 Å². The molecule has 3 atom stereocenters. The number of nitrogens with one attached hydrogen (secondary N) is 1. The van der Waals surface area contributed by atoms with Crippen molar-refractivity contribution >= 4 is 17.5 Å². The molecule has 2 aromatic rings. The van der Waals surface area contributed by atoms with Crippen LogP contribution < -0.4 is 14.8 Å². The molecular formula is C27H34N2O5. The Hall–Kier alpha value is -3.06. The average Bonchev–Trinajstić information content (AvgIpc) is 3.49. The van der Waals surface area contributed by atoms with Crippen LogP contribution in [0.4, 0.5) is 5.69 Å². The molecule has 3 unspecified atom stereocenters. The molecule has 7 nitrogen and oxygen atoms in total. The number of benzene rings is 2. The number of rotatable bonds is 10. The summed E-state index contributed by atoms with van der Waals surface area (Å²) in [5.74, 6) is 0.808. The number of ether oxygens (including phenoxy) is 3. The molecule has 2 aromatic carbocycles. The molecule has 2 saturated heterocycles. The number of hydrogen-bond donors (Lipinski definition) is 1. The minimum absolute atomic E-state index is 0.0167. The van der Waals surface area contributed by atoms with Gasteiger partial charge in [-0.05, 0) is 49.1 Å². The van der Waals surface area contributed by atoms with Crippen LogP contribution in [0.2, 0.25) is 0 Å². The summed E-state index contributed by atoms with van der Waals surface area (Å²) in [4.78, 5) is 28.2. The largest absolute Gasteiger partial charge is 0.497 e. The first-order valence-electron chi connectivity index (χ1n) is 12.2. The van der Waals surface area contributed by atoms with Crippen molar-refractivity contribution in [3.63, 3.8) is 0 Å². The van der Waals surface area contributed by atoms with Crippen LogP contribution in [0, 0.1) is 5.92 Å². The van der Waals surface area contributed by atoms with Gasteiger partial charge in [0.15, 0.2) is 0 Å².